The highest BCUT2D eigenvalue weighted by molar-refractivity contribution is 5.96. The fraction of sp³-hybridized carbons (Fsp3) is 0.417. The van der Waals surface area contributed by atoms with E-state index in [1.165, 1.54) is 0 Å². The number of carbonyl (C=O) groups is 1. The average Bonchev–Trinajstić information content (AvgIpc) is 2.37. The second kappa shape index (κ2) is 5.24. The highest BCUT2D eigenvalue weighted by Gasteiger charge is 2.17. The average molecular weight is 250 g/mol. The van der Waals surface area contributed by atoms with Crippen LogP contribution in [0.1, 0.15) is 0 Å². The number of nitrogens with zero attached hydrogens (tertiary/aromatic N) is 1. The molecule has 6 nitrogen and oxygen atoms in total. The van der Waals surface area contributed by atoms with Gasteiger partial charge >= 0.3 is 0 Å². The molecule has 1 heterocycles. The molecule has 0 saturated carbocycles. The van der Waals surface area contributed by atoms with Crippen LogP contribution >= 0.6 is 0 Å². The van der Waals surface area contributed by atoms with Crippen molar-refractivity contribution in [1.82, 2.24) is 0 Å². The fourth-order valence-corrected chi connectivity index (χ4v) is 1.84. The number of benzene rings is 1. The van der Waals surface area contributed by atoms with Crippen molar-refractivity contribution < 1.29 is 9.53 Å². The van der Waals surface area contributed by atoms with Gasteiger partial charge in [0.2, 0.25) is 0 Å². The summed E-state index contributed by atoms with van der Waals surface area (Å²) in [6.45, 7) is 1.17. The third-order valence-electron chi connectivity index (χ3n) is 2.85. The minimum atomic E-state index is -0.138. The van der Waals surface area contributed by atoms with E-state index in [-0.39, 0.29) is 18.6 Å². The number of hydrogen-bond acceptors (Lipinski definition) is 5. The van der Waals surface area contributed by atoms with Crippen LogP contribution in [0.3, 0.4) is 0 Å². The topological polar surface area (TPSA) is 93.6 Å². The Morgan fingerprint density at radius 2 is 2.33 bits per heavy atom. The zero-order valence-electron chi connectivity index (χ0n) is 10.3. The normalized spacial score (nSPS) is 15.4. The first-order valence-electron chi connectivity index (χ1n) is 5.83. The lowest BCUT2D eigenvalue weighted by Gasteiger charge is -2.25. The highest BCUT2D eigenvalue weighted by Crippen LogP contribution is 2.31. The van der Waals surface area contributed by atoms with Crippen LogP contribution in [0.4, 0.5) is 11.4 Å². The van der Waals surface area contributed by atoms with Crippen LogP contribution in [0.5, 0.6) is 5.75 Å². The van der Waals surface area contributed by atoms with Gasteiger partial charge in [0.25, 0.3) is 5.91 Å². The lowest BCUT2D eigenvalue weighted by molar-refractivity contribution is -0.118. The third kappa shape index (κ3) is 2.72. The molecule has 0 bridgehead atoms. The Bertz CT molecular complexity index is 450. The number of nitrogens with two attached hydrogens (primary N) is 2. The number of carbonyl (C=O) groups excluding carboxylic acids is 1. The van der Waals surface area contributed by atoms with Gasteiger partial charge in [0.05, 0.1) is 5.69 Å². The summed E-state index contributed by atoms with van der Waals surface area (Å²) < 4.78 is 5.30. The third-order valence-corrected chi connectivity index (χ3v) is 2.85. The van der Waals surface area contributed by atoms with Gasteiger partial charge in [-0.1, -0.05) is 0 Å². The molecule has 98 valence electrons. The van der Waals surface area contributed by atoms with E-state index in [4.69, 9.17) is 16.2 Å². The minimum Gasteiger partial charge on any atom is -0.482 e. The molecule has 5 N–H and O–H groups in total. The van der Waals surface area contributed by atoms with Gasteiger partial charge in [0.1, 0.15) is 5.75 Å². The molecule has 6 heteroatoms. The molecule has 1 unspecified atom stereocenters. The lowest BCUT2D eigenvalue weighted by atomic mass is 10.2. The summed E-state index contributed by atoms with van der Waals surface area (Å²) in [5.74, 6) is 0.552. The van der Waals surface area contributed by atoms with Gasteiger partial charge in [-0.25, -0.2) is 0 Å². The molecular formula is C12H18N4O2. The monoisotopic (exact) mass is 250 g/mol. The molecule has 0 saturated heterocycles. The number of nitrogens with one attached hydrogen (secondary N) is 1. The van der Waals surface area contributed by atoms with Crippen molar-refractivity contribution in [2.75, 3.05) is 37.0 Å². The zero-order valence-corrected chi connectivity index (χ0v) is 10.3. The first kappa shape index (κ1) is 12.7. The summed E-state index contributed by atoms with van der Waals surface area (Å²) in [5, 5.41) is 2.78. The Kier molecular flexibility index (Phi) is 3.69. The SMILES string of the molecule is CN(CC(N)CN)c1ccc2c(c1)NC(=O)CO2. The van der Waals surface area contributed by atoms with Crippen molar-refractivity contribution in [1.29, 1.82) is 0 Å². The van der Waals surface area contributed by atoms with E-state index < -0.39 is 0 Å². The molecule has 0 aromatic heterocycles. The van der Waals surface area contributed by atoms with Crippen LogP contribution in [-0.4, -0.2) is 38.7 Å². The largest absolute Gasteiger partial charge is 0.482 e. The van der Waals surface area contributed by atoms with Crippen LogP contribution < -0.4 is 26.4 Å². The number of hydrogen-bond donors (Lipinski definition) is 3. The molecule has 0 fully saturated rings. The van der Waals surface area contributed by atoms with E-state index in [0.717, 1.165) is 5.69 Å². The van der Waals surface area contributed by atoms with Crippen LogP contribution in [0.2, 0.25) is 0 Å². The number of amides is 1. The van der Waals surface area contributed by atoms with Gasteiger partial charge in [0.15, 0.2) is 6.61 Å². The molecule has 1 aromatic carbocycles. The van der Waals surface area contributed by atoms with Gasteiger partial charge in [-0.3, -0.25) is 4.79 Å². The summed E-state index contributed by atoms with van der Waals surface area (Å²) >= 11 is 0. The van der Waals surface area contributed by atoms with Crippen molar-refractivity contribution in [3.63, 3.8) is 0 Å². The van der Waals surface area contributed by atoms with Crippen molar-refractivity contribution >= 4 is 17.3 Å². The number of rotatable bonds is 4. The molecule has 0 radical (unpaired) electrons. The minimum absolute atomic E-state index is 0.0697. The summed E-state index contributed by atoms with van der Waals surface area (Å²) in [6.07, 6.45) is 0. The molecule has 1 aliphatic heterocycles. The molecule has 2 rings (SSSR count). The van der Waals surface area contributed by atoms with E-state index in [2.05, 4.69) is 5.32 Å². The quantitative estimate of drug-likeness (QED) is 0.684. The molecule has 1 aromatic rings. The van der Waals surface area contributed by atoms with E-state index in [1.807, 2.05) is 30.1 Å². The maximum atomic E-state index is 11.2. The first-order valence-corrected chi connectivity index (χ1v) is 5.83. The standard InChI is InChI=1S/C12H18N4O2/c1-16(6-8(14)5-13)9-2-3-11-10(4-9)15-12(17)7-18-11/h2-4,8H,5-7,13-14H2,1H3,(H,15,17). The van der Waals surface area contributed by atoms with Gasteiger partial charge in [0, 0.05) is 31.9 Å². The second-order valence-corrected chi connectivity index (χ2v) is 4.39. The smallest absolute Gasteiger partial charge is 0.262 e. The predicted molar refractivity (Wildman–Crippen MR) is 70.9 cm³/mol. The maximum absolute atomic E-state index is 11.2. The van der Waals surface area contributed by atoms with E-state index in [1.54, 1.807) is 0 Å². The molecule has 18 heavy (non-hydrogen) atoms. The van der Waals surface area contributed by atoms with Crippen molar-refractivity contribution in [2.45, 2.75) is 6.04 Å². The fourth-order valence-electron chi connectivity index (χ4n) is 1.84. The Labute approximate surface area is 106 Å². The van der Waals surface area contributed by atoms with Crippen molar-refractivity contribution in [3.8, 4) is 5.75 Å². The number of likely N-dealkylation sites (N-methyl/N-ethyl adjacent to an activating group) is 1. The maximum Gasteiger partial charge on any atom is 0.262 e. The molecule has 1 atom stereocenters. The van der Waals surface area contributed by atoms with Gasteiger partial charge < -0.3 is 26.4 Å². The molecule has 1 amide bonds. The Hall–Kier alpha value is -1.79. The first-order chi connectivity index (χ1) is 8.60. The van der Waals surface area contributed by atoms with E-state index >= 15 is 0 Å². The Morgan fingerprint density at radius 1 is 1.56 bits per heavy atom. The number of anilines is 2. The van der Waals surface area contributed by atoms with E-state index in [9.17, 15) is 4.79 Å². The van der Waals surface area contributed by atoms with Crippen LogP contribution in [0.15, 0.2) is 18.2 Å². The summed E-state index contributed by atoms with van der Waals surface area (Å²) in [6, 6.07) is 5.57. The Balaban J connectivity index is 2.15. The Morgan fingerprint density at radius 3 is 3.06 bits per heavy atom. The van der Waals surface area contributed by atoms with Crippen molar-refractivity contribution in [2.24, 2.45) is 11.5 Å². The molecule has 0 aliphatic carbocycles. The highest BCUT2D eigenvalue weighted by atomic mass is 16.5. The van der Waals surface area contributed by atoms with Crippen LogP contribution in [0, 0.1) is 0 Å². The van der Waals surface area contributed by atoms with Crippen LogP contribution in [0.25, 0.3) is 0 Å². The van der Waals surface area contributed by atoms with Gasteiger partial charge in [-0.05, 0) is 18.2 Å². The lowest BCUT2D eigenvalue weighted by Crippen LogP contribution is -2.40. The summed E-state index contributed by atoms with van der Waals surface area (Å²) in [4.78, 5) is 13.2. The summed E-state index contributed by atoms with van der Waals surface area (Å²) in [7, 11) is 1.93. The number of ether oxygens (including phenoxy) is 1. The number of fused-ring (bicyclic) bond motifs is 1. The summed E-state index contributed by atoms with van der Waals surface area (Å²) in [5.41, 5.74) is 13.0. The van der Waals surface area contributed by atoms with Gasteiger partial charge in [-0.2, -0.15) is 0 Å². The molecular weight excluding hydrogens is 232 g/mol. The van der Waals surface area contributed by atoms with Crippen LogP contribution in [-0.2, 0) is 4.79 Å². The molecule has 1 aliphatic rings. The van der Waals surface area contributed by atoms with E-state index in [0.29, 0.717) is 24.5 Å². The van der Waals surface area contributed by atoms with Gasteiger partial charge in [-0.15, -0.1) is 0 Å². The predicted octanol–water partition coefficient (Wildman–Crippen LogP) is -0.260. The van der Waals surface area contributed by atoms with Crippen molar-refractivity contribution in [3.05, 3.63) is 18.2 Å². The second-order valence-electron chi connectivity index (χ2n) is 4.39. The molecule has 0 spiro atoms. The zero-order chi connectivity index (χ0) is 13.1.